The highest BCUT2D eigenvalue weighted by Crippen LogP contribution is 2.44. The van der Waals surface area contributed by atoms with E-state index in [0.717, 1.165) is 43.9 Å². The Morgan fingerprint density at radius 2 is 1.80 bits per heavy atom. The van der Waals surface area contributed by atoms with Crippen molar-refractivity contribution in [1.82, 2.24) is 5.32 Å². The van der Waals surface area contributed by atoms with Gasteiger partial charge in [-0.25, -0.2) is 8.42 Å². The zero-order chi connectivity index (χ0) is 25.4. The van der Waals surface area contributed by atoms with Gasteiger partial charge in [0, 0.05) is 12.1 Å². The van der Waals surface area contributed by atoms with Crippen molar-refractivity contribution in [3.63, 3.8) is 0 Å². The Labute approximate surface area is 202 Å². The first-order chi connectivity index (χ1) is 16.5. The molecular weight excluding hydrogens is 485 g/mol. The predicted octanol–water partition coefficient (Wildman–Crippen LogP) is 4.22. The lowest BCUT2D eigenvalue weighted by molar-refractivity contribution is -0.137. The van der Waals surface area contributed by atoms with Gasteiger partial charge in [-0.05, 0) is 61.4 Å². The summed E-state index contributed by atoms with van der Waals surface area (Å²) in [4.78, 5) is 12.7. The third-order valence-corrected chi connectivity index (χ3v) is 8.55. The number of ether oxygens (including phenoxy) is 2. The minimum absolute atomic E-state index is 0.0478. The predicted molar refractivity (Wildman–Crippen MR) is 123 cm³/mol. The fourth-order valence-corrected chi connectivity index (χ4v) is 6.49. The average molecular weight is 513 g/mol. The SMILES string of the molecule is COc1ccc(S(=O)(=O)N(CC(=O)NC2CC3CCC2C3)c2cccc(C(F)(F)F)c2)cc1OC. The summed E-state index contributed by atoms with van der Waals surface area (Å²) in [6.45, 7) is -0.661. The number of hydrogen-bond acceptors (Lipinski definition) is 5. The van der Waals surface area contributed by atoms with Crippen LogP contribution >= 0.6 is 0 Å². The number of amides is 1. The van der Waals surface area contributed by atoms with Crippen LogP contribution in [0.4, 0.5) is 18.9 Å². The number of sulfonamides is 1. The van der Waals surface area contributed by atoms with Crippen LogP contribution in [-0.4, -0.2) is 41.1 Å². The second-order valence-electron chi connectivity index (χ2n) is 8.93. The Kier molecular flexibility index (Phi) is 6.90. The molecule has 2 saturated carbocycles. The van der Waals surface area contributed by atoms with E-state index in [-0.39, 0.29) is 28.1 Å². The van der Waals surface area contributed by atoms with Crippen molar-refractivity contribution in [1.29, 1.82) is 0 Å². The monoisotopic (exact) mass is 512 g/mol. The molecule has 2 bridgehead atoms. The van der Waals surface area contributed by atoms with Gasteiger partial charge in [0.15, 0.2) is 11.5 Å². The molecule has 7 nitrogen and oxygen atoms in total. The number of halogens is 3. The lowest BCUT2D eigenvalue weighted by Crippen LogP contribution is -2.46. The lowest BCUT2D eigenvalue weighted by atomic mass is 9.95. The highest BCUT2D eigenvalue weighted by Gasteiger charge is 2.41. The van der Waals surface area contributed by atoms with Crippen molar-refractivity contribution < 1.29 is 35.9 Å². The summed E-state index contributed by atoms with van der Waals surface area (Å²) < 4.78 is 78.4. The summed E-state index contributed by atoms with van der Waals surface area (Å²) in [6, 6.07) is 7.72. The first kappa shape index (κ1) is 25.2. The topological polar surface area (TPSA) is 84.9 Å². The quantitative estimate of drug-likeness (QED) is 0.573. The van der Waals surface area contributed by atoms with Gasteiger partial charge in [0.1, 0.15) is 6.54 Å². The molecule has 0 aromatic heterocycles. The van der Waals surface area contributed by atoms with Crippen LogP contribution in [0.1, 0.15) is 31.2 Å². The molecule has 3 unspecified atom stereocenters. The number of nitrogens with zero attached hydrogens (tertiary/aromatic N) is 1. The van der Waals surface area contributed by atoms with Crippen LogP contribution in [0.2, 0.25) is 0 Å². The molecule has 0 spiro atoms. The molecule has 1 N–H and O–H groups in total. The highest BCUT2D eigenvalue weighted by atomic mass is 32.2. The van der Waals surface area contributed by atoms with Crippen molar-refractivity contribution in [3.05, 3.63) is 48.0 Å². The van der Waals surface area contributed by atoms with Gasteiger partial charge in [-0.1, -0.05) is 12.5 Å². The molecule has 1 amide bonds. The van der Waals surface area contributed by atoms with Crippen molar-refractivity contribution in [3.8, 4) is 11.5 Å². The van der Waals surface area contributed by atoms with Gasteiger partial charge < -0.3 is 14.8 Å². The Balaban J connectivity index is 1.69. The lowest BCUT2D eigenvalue weighted by Gasteiger charge is -2.27. The Hall–Kier alpha value is -2.95. The summed E-state index contributed by atoms with van der Waals surface area (Å²) in [6.07, 6.45) is -0.674. The molecule has 2 aliphatic carbocycles. The molecule has 0 heterocycles. The fourth-order valence-electron chi connectivity index (χ4n) is 5.06. The molecule has 2 aliphatic rings. The summed E-state index contributed by atoms with van der Waals surface area (Å²) >= 11 is 0. The molecule has 11 heteroatoms. The van der Waals surface area contributed by atoms with Gasteiger partial charge in [0.05, 0.1) is 30.4 Å². The molecule has 4 rings (SSSR count). The van der Waals surface area contributed by atoms with Gasteiger partial charge in [-0.15, -0.1) is 0 Å². The molecule has 0 radical (unpaired) electrons. The van der Waals surface area contributed by atoms with Crippen LogP contribution in [0.5, 0.6) is 11.5 Å². The standard InChI is InChI=1S/C24H27F3N2O5S/c1-33-21-9-8-19(13-22(21)34-2)35(31,32)29(18-5-3-4-17(12-18)24(25,26)27)14-23(30)28-20-11-15-6-7-16(20)10-15/h3-5,8-9,12-13,15-16,20H,6-7,10-11,14H2,1-2H3,(H,28,30). The molecule has 2 fully saturated rings. The first-order valence-corrected chi connectivity index (χ1v) is 12.7. The van der Waals surface area contributed by atoms with E-state index in [1.165, 1.54) is 38.5 Å². The number of hydrogen-bond donors (Lipinski definition) is 1. The maximum absolute atomic E-state index is 13.6. The van der Waals surface area contributed by atoms with E-state index in [0.29, 0.717) is 16.1 Å². The van der Waals surface area contributed by atoms with E-state index in [4.69, 9.17) is 9.47 Å². The molecule has 190 valence electrons. The Bertz CT molecular complexity index is 1200. The third-order valence-electron chi connectivity index (χ3n) is 6.78. The molecule has 35 heavy (non-hydrogen) atoms. The van der Waals surface area contributed by atoms with Crippen molar-refractivity contribution in [2.24, 2.45) is 11.8 Å². The van der Waals surface area contributed by atoms with E-state index in [1.54, 1.807) is 0 Å². The summed E-state index contributed by atoms with van der Waals surface area (Å²) in [5.41, 5.74) is -1.28. The third kappa shape index (κ3) is 5.19. The van der Waals surface area contributed by atoms with Crippen LogP contribution in [0.15, 0.2) is 47.4 Å². The average Bonchev–Trinajstić information content (AvgIpc) is 3.45. The zero-order valence-electron chi connectivity index (χ0n) is 19.3. The van der Waals surface area contributed by atoms with Crippen molar-refractivity contribution >= 4 is 21.6 Å². The molecule has 2 aromatic rings. The summed E-state index contributed by atoms with van der Waals surface area (Å²) in [5.74, 6) is 0.757. The fraction of sp³-hybridized carbons (Fsp3) is 0.458. The van der Waals surface area contributed by atoms with Gasteiger partial charge in [-0.2, -0.15) is 13.2 Å². The molecule has 0 aliphatic heterocycles. The smallest absolute Gasteiger partial charge is 0.416 e. The number of methoxy groups -OCH3 is 2. The second-order valence-corrected chi connectivity index (χ2v) is 10.8. The number of benzene rings is 2. The second kappa shape index (κ2) is 9.60. The first-order valence-electron chi connectivity index (χ1n) is 11.2. The maximum atomic E-state index is 13.6. The van der Waals surface area contributed by atoms with Crippen LogP contribution in [0.25, 0.3) is 0 Å². The highest BCUT2D eigenvalue weighted by molar-refractivity contribution is 7.92. The number of nitrogens with one attached hydrogen (secondary N) is 1. The van der Waals surface area contributed by atoms with Gasteiger partial charge in [-0.3, -0.25) is 9.10 Å². The van der Waals surface area contributed by atoms with Gasteiger partial charge in [0.2, 0.25) is 5.91 Å². The number of alkyl halides is 3. The Morgan fingerprint density at radius 1 is 1.06 bits per heavy atom. The molecule has 0 saturated heterocycles. The van der Waals surface area contributed by atoms with Crippen molar-refractivity contribution in [2.45, 2.75) is 42.8 Å². The van der Waals surface area contributed by atoms with Crippen LogP contribution in [-0.2, 0) is 21.0 Å². The normalized spacial score (nSPS) is 21.6. The number of fused-ring (bicyclic) bond motifs is 2. The largest absolute Gasteiger partial charge is 0.493 e. The summed E-state index contributed by atoms with van der Waals surface area (Å²) in [5, 5.41) is 2.91. The molecule has 2 aromatic carbocycles. The summed E-state index contributed by atoms with van der Waals surface area (Å²) in [7, 11) is -1.72. The molecule has 3 atom stereocenters. The van der Waals surface area contributed by atoms with Gasteiger partial charge >= 0.3 is 6.18 Å². The zero-order valence-corrected chi connectivity index (χ0v) is 20.2. The number of carbonyl (C=O) groups is 1. The Morgan fingerprint density at radius 3 is 2.40 bits per heavy atom. The van der Waals surface area contributed by atoms with Crippen LogP contribution in [0, 0.1) is 11.8 Å². The van der Waals surface area contributed by atoms with E-state index < -0.39 is 34.2 Å². The van der Waals surface area contributed by atoms with Crippen molar-refractivity contribution in [2.75, 3.05) is 25.1 Å². The minimum Gasteiger partial charge on any atom is -0.493 e. The number of rotatable bonds is 8. The van der Waals surface area contributed by atoms with E-state index in [1.807, 2.05) is 0 Å². The molecular formula is C24H27F3N2O5S. The maximum Gasteiger partial charge on any atom is 0.416 e. The van der Waals surface area contributed by atoms with E-state index in [2.05, 4.69) is 5.32 Å². The van der Waals surface area contributed by atoms with Gasteiger partial charge in [0.25, 0.3) is 10.0 Å². The number of carbonyl (C=O) groups excluding carboxylic acids is 1. The number of anilines is 1. The van der Waals surface area contributed by atoms with Crippen LogP contribution < -0.4 is 19.1 Å². The van der Waals surface area contributed by atoms with E-state index in [9.17, 15) is 26.4 Å². The van der Waals surface area contributed by atoms with Crippen LogP contribution in [0.3, 0.4) is 0 Å². The minimum atomic E-state index is -4.68. The van der Waals surface area contributed by atoms with E-state index >= 15 is 0 Å².